The second-order valence-corrected chi connectivity index (χ2v) is 1.36. The van der Waals surface area contributed by atoms with Gasteiger partial charge in [-0.05, 0) is 0 Å². The Morgan fingerprint density at radius 3 is 1.86 bits per heavy atom. The molecule has 1 radical (unpaired) electrons. The summed E-state index contributed by atoms with van der Waals surface area (Å²) in [5.41, 5.74) is 0. The van der Waals surface area contributed by atoms with Crippen molar-refractivity contribution in [2.45, 2.75) is 0 Å². The van der Waals surface area contributed by atoms with Crippen molar-refractivity contribution in [3.05, 3.63) is 0 Å². The molecule has 1 fully saturated rings. The maximum atomic E-state index is 5.01. The molecule has 0 bridgehead atoms. The largest absolute Gasteiger partial charge is 0.379 e. The summed E-state index contributed by atoms with van der Waals surface area (Å²) in [6.45, 7) is 3.83. The van der Waals surface area contributed by atoms with Crippen molar-refractivity contribution in [3.63, 3.8) is 0 Å². The Morgan fingerprint density at radius 2 is 1.71 bits per heavy atom. The molecule has 0 saturated carbocycles. The normalized spacial score (nSPS) is 20.6. The van der Waals surface area contributed by atoms with Crippen molar-refractivity contribution in [1.29, 1.82) is 0 Å². The number of nitrogens with one attached hydrogen (secondary N) is 1. The molecule has 0 aromatic rings. The maximum absolute atomic E-state index is 5.01. The molecule has 1 heterocycles. The van der Waals surface area contributed by atoms with Crippen molar-refractivity contribution in [2.24, 2.45) is 0 Å². The molecule has 0 aromatic heterocycles. The van der Waals surface area contributed by atoms with E-state index in [1.807, 2.05) is 0 Å². The van der Waals surface area contributed by atoms with Crippen LogP contribution < -0.4 is 5.32 Å². The van der Waals surface area contributed by atoms with Crippen LogP contribution in [0.3, 0.4) is 0 Å². The molecule has 1 rings (SSSR count). The Kier molecular flexibility index (Phi) is 5.02. The zero-order valence-corrected chi connectivity index (χ0v) is 4.74. The second kappa shape index (κ2) is 4.67. The van der Waals surface area contributed by atoms with Gasteiger partial charge in [0.2, 0.25) is 0 Å². The van der Waals surface area contributed by atoms with Crippen LogP contribution in [-0.2, 0) is 4.74 Å². The summed E-state index contributed by atoms with van der Waals surface area (Å²) >= 11 is 0. The molecule has 0 unspecified atom stereocenters. The number of morpholine rings is 1. The van der Waals surface area contributed by atoms with Crippen LogP contribution in [0.1, 0.15) is 0 Å². The van der Waals surface area contributed by atoms with E-state index in [2.05, 4.69) is 5.32 Å². The topological polar surface area (TPSA) is 21.3 Å². The predicted molar refractivity (Wildman–Crippen MR) is 29.4 cm³/mol. The molecule has 1 N–H and O–H groups in total. The van der Waals surface area contributed by atoms with Crippen LogP contribution >= 0.6 is 0 Å². The minimum Gasteiger partial charge on any atom is -0.379 e. The Balaban J connectivity index is 0.000000360. The average molecular weight is 94.1 g/mol. The summed E-state index contributed by atoms with van der Waals surface area (Å²) in [5, 5.41) is 3.16. The van der Waals surface area contributed by atoms with Gasteiger partial charge in [-0.1, -0.05) is 0 Å². The molecule has 1 aliphatic rings. The Bertz CT molecular complexity index is 27.2. The quantitative estimate of drug-likeness (QED) is 0.398. The van der Waals surface area contributed by atoms with Crippen LogP contribution in [0.5, 0.6) is 0 Å². The summed E-state index contributed by atoms with van der Waals surface area (Å²) < 4.78 is 5.01. The van der Waals surface area contributed by atoms with Gasteiger partial charge >= 0.3 is 0 Å². The van der Waals surface area contributed by atoms with Crippen LogP contribution in [0.2, 0.25) is 0 Å². The summed E-state index contributed by atoms with van der Waals surface area (Å²) in [4.78, 5) is 0. The van der Waals surface area contributed by atoms with Gasteiger partial charge in [-0.25, -0.2) is 0 Å². The molecule has 0 aromatic carbocycles. The first-order valence-electron chi connectivity index (χ1n) is 2.28. The van der Waals surface area contributed by atoms with E-state index in [4.69, 9.17) is 4.74 Å². The molecular formula is C4H9LiNO. The van der Waals surface area contributed by atoms with Crippen LogP contribution in [0.4, 0.5) is 0 Å². The first-order chi connectivity index (χ1) is 3.00. The Morgan fingerprint density at radius 1 is 1.14 bits per heavy atom. The third-order valence-corrected chi connectivity index (χ3v) is 0.846. The van der Waals surface area contributed by atoms with E-state index in [9.17, 15) is 0 Å². The smallest absolute Gasteiger partial charge is 0.0591 e. The van der Waals surface area contributed by atoms with Crippen molar-refractivity contribution >= 4 is 18.9 Å². The molecule has 3 heteroatoms. The zero-order valence-electron chi connectivity index (χ0n) is 4.74. The summed E-state index contributed by atoms with van der Waals surface area (Å²) in [6.07, 6.45) is 0. The molecule has 1 aliphatic heterocycles. The molecular weight excluding hydrogens is 85.0 g/mol. The Hall–Kier alpha value is 0.517. The molecule has 0 atom stereocenters. The molecule has 2 nitrogen and oxygen atoms in total. The third kappa shape index (κ3) is 3.13. The van der Waals surface area contributed by atoms with Crippen molar-refractivity contribution in [1.82, 2.24) is 5.32 Å². The summed E-state index contributed by atoms with van der Waals surface area (Å²) in [7, 11) is 0. The van der Waals surface area contributed by atoms with Gasteiger partial charge in [-0.3, -0.25) is 0 Å². The van der Waals surface area contributed by atoms with E-state index in [0.717, 1.165) is 26.3 Å². The van der Waals surface area contributed by atoms with Gasteiger partial charge in [0.15, 0.2) is 0 Å². The van der Waals surface area contributed by atoms with Gasteiger partial charge in [0.1, 0.15) is 0 Å². The fourth-order valence-electron chi connectivity index (χ4n) is 0.516. The van der Waals surface area contributed by atoms with Crippen LogP contribution in [-0.4, -0.2) is 45.2 Å². The van der Waals surface area contributed by atoms with Gasteiger partial charge < -0.3 is 10.1 Å². The van der Waals surface area contributed by atoms with Crippen molar-refractivity contribution in [2.75, 3.05) is 26.3 Å². The first kappa shape index (κ1) is 7.52. The van der Waals surface area contributed by atoms with E-state index >= 15 is 0 Å². The van der Waals surface area contributed by atoms with Crippen molar-refractivity contribution < 1.29 is 4.74 Å². The van der Waals surface area contributed by atoms with E-state index in [1.165, 1.54) is 0 Å². The van der Waals surface area contributed by atoms with E-state index in [0.29, 0.717) is 0 Å². The third-order valence-electron chi connectivity index (χ3n) is 0.846. The van der Waals surface area contributed by atoms with Crippen LogP contribution in [0, 0.1) is 0 Å². The maximum Gasteiger partial charge on any atom is 0.0591 e. The van der Waals surface area contributed by atoms with Gasteiger partial charge in [0.25, 0.3) is 0 Å². The summed E-state index contributed by atoms with van der Waals surface area (Å²) in [6, 6.07) is 0. The van der Waals surface area contributed by atoms with E-state index in [-0.39, 0.29) is 18.9 Å². The van der Waals surface area contributed by atoms with Gasteiger partial charge in [0.05, 0.1) is 13.2 Å². The molecule has 1 saturated heterocycles. The SMILES string of the molecule is C1COCCN1.[Li]. The zero-order chi connectivity index (χ0) is 4.24. The fourth-order valence-corrected chi connectivity index (χ4v) is 0.516. The molecule has 37 valence electrons. The molecule has 0 aliphatic carbocycles. The predicted octanol–water partition coefficient (Wildman–Crippen LogP) is -0.775. The summed E-state index contributed by atoms with van der Waals surface area (Å²) in [5.74, 6) is 0. The fraction of sp³-hybridized carbons (Fsp3) is 1.00. The number of hydrogen-bond donors (Lipinski definition) is 1. The molecule has 0 amide bonds. The van der Waals surface area contributed by atoms with Crippen molar-refractivity contribution in [3.8, 4) is 0 Å². The van der Waals surface area contributed by atoms with E-state index < -0.39 is 0 Å². The standard InChI is InChI=1S/C4H9NO.Li/c1-3-6-4-2-5-1;/h5H,1-4H2;. The average Bonchev–Trinajstić information content (AvgIpc) is 1.72. The molecule has 7 heavy (non-hydrogen) atoms. The van der Waals surface area contributed by atoms with Gasteiger partial charge in [-0.15, -0.1) is 0 Å². The first-order valence-corrected chi connectivity index (χ1v) is 2.28. The minimum absolute atomic E-state index is 0. The van der Waals surface area contributed by atoms with Gasteiger partial charge in [-0.2, -0.15) is 0 Å². The monoisotopic (exact) mass is 94.1 g/mol. The number of hydrogen-bond acceptors (Lipinski definition) is 2. The second-order valence-electron chi connectivity index (χ2n) is 1.36. The Labute approximate surface area is 55.8 Å². The molecule has 0 spiro atoms. The van der Waals surface area contributed by atoms with Gasteiger partial charge in [0, 0.05) is 32.0 Å². The van der Waals surface area contributed by atoms with Crippen LogP contribution in [0.15, 0.2) is 0 Å². The van der Waals surface area contributed by atoms with E-state index in [1.54, 1.807) is 0 Å². The minimum atomic E-state index is 0. The van der Waals surface area contributed by atoms with Crippen LogP contribution in [0.25, 0.3) is 0 Å². The number of rotatable bonds is 0. The number of ether oxygens (including phenoxy) is 1.